The molecule has 3 aromatic carbocycles. The molecule has 6 heteroatoms. The van der Waals surface area contributed by atoms with Gasteiger partial charge < -0.3 is 29.2 Å². The molecule has 0 bridgehead atoms. The maximum atomic E-state index is 10.8. The number of aliphatic hydroxyl groups is 2. The summed E-state index contributed by atoms with van der Waals surface area (Å²) in [4.78, 5) is 0. The van der Waals surface area contributed by atoms with Gasteiger partial charge in [0.1, 0.15) is 6.61 Å². The number of rotatable bonds is 11. The molecule has 31 heavy (non-hydrogen) atoms. The Morgan fingerprint density at radius 1 is 0.742 bits per heavy atom. The average Bonchev–Trinajstić information content (AvgIpc) is 2.83. The summed E-state index contributed by atoms with van der Waals surface area (Å²) in [5.41, 5.74) is 1.65. The normalized spacial score (nSPS) is 12.6. The number of hydrogen-bond donors (Lipinski definition) is 2. The molecule has 0 fully saturated rings. The summed E-state index contributed by atoms with van der Waals surface area (Å²) < 4.78 is 22.4. The second-order valence-electron chi connectivity index (χ2n) is 7.03. The third-order valence-electron chi connectivity index (χ3n) is 4.97. The molecule has 0 aliphatic heterocycles. The van der Waals surface area contributed by atoms with Crippen molar-refractivity contribution in [1.29, 1.82) is 0 Å². The number of benzene rings is 3. The van der Waals surface area contributed by atoms with Crippen LogP contribution in [0.3, 0.4) is 0 Å². The zero-order valence-electron chi connectivity index (χ0n) is 17.7. The van der Waals surface area contributed by atoms with Gasteiger partial charge in [-0.3, -0.25) is 0 Å². The molecule has 6 nitrogen and oxygen atoms in total. The molecule has 0 spiro atoms. The predicted molar refractivity (Wildman–Crippen MR) is 118 cm³/mol. The Morgan fingerprint density at radius 3 is 2.06 bits per heavy atom. The van der Waals surface area contributed by atoms with Crippen molar-refractivity contribution in [3.63, 3.8) is 0 Å². The molecule has 3 aromatic rings. The standard InChI is InChI=1S/C25H28O6/c1-28-21-10-6-7-11-22(21)31-17-20(15-26)25(27)19-12-13-23(24(14-19)29-2)30-16-18-8-4-3-5-9-18/h3-14,20,25-27H,15-17H2,1-2H3. The molecular formula is C25H28O6. The van der Waals surface area contributed by atoms with E-state index >= 15 is 0 Å². The van der Waals surface area contributed by atoms with Gasteiger partial charge in [0.05, 0.1) is 33.5 Å². The van der Waals surface area contributed by atoms with E-state index in [1.165, 1.54) is 0 Å². The van der Waals surface area contributed by atoms with E-state index in [0.29, 0.717) is 35.2 Å². The topological polar surface area (TPSA) is 77.4 Å². The highest BCUT2D eigenvalue weighted by atomic mass is 16.5. The highest BCUT2D eigenvalue weighted by molar-refractivity contribution is 5.44. The Morgan fingerprint density at radius 2 is 1.39 bits per heavy atom. The van der Waals surface area contributed by atoms with E-state index in [0.717, 1.165) is 5.56 Å². The van der Waals surface area contributed by atoms with Gasteiger partial charge in [-0.25, -0.2) is 0 Å². The van der Waals surface area contributed by atoms with Crippen LogP contribution in [-0.2, 0) is 6.61 Å². The summed E-state index contributed by atoms with van der Waals surface area (Å²) in [5, 5.41) is 20.7. The third kappa shape index (κ3) is 5.90. The number of aliphatic hydroxyl groups excluding tert-OH is 2. The lowest BCUT2D eigenvalue weighted by Gasteiger charge is -2.23. The maximum absolute atomic E-state index is 10.8. The Labute approximate surface area is 182 Å². The minimum atomic E-state index is -0.947. The lowest BCUT2D eigenvalue weighted by molar-refractivity contribution is 0.0367. The fraction of sp³-hybridized carbons (Fsp3) is 0.280. The summed E-state index contributed by atoms with van der Waals surface area (Å²) in [6, 6.07) is 22.3. The van der Waals surface area contributed by atoms with Crippen LogP contribution in [0.25, 0.3) is 0 Å². The average molecular weight is 424 g/mol. The molecule has 2 N–H and O–H groups in total. The molecule has 0 radical (unpaired) electrons. The van der Waals surface area contributed by atoms with E-state index in [2.05, 4.69) is 0 Å². The molecule has 164 valence electrons. The van der Waals surface area contributed by atoms with Crippen molar-refractivity contribution in [2.24, 2.45) is 5.92 Å². The SMILES string of the molecule is COc1cc(C(O)C(CO)COc2ccccc2OC)ccc1OCc1ccccc1. The fourth-order valence-corrected chi connectivity index (χ4v) is 3.17. The first kappa shape index (κ1) is 22.5. The molecule has 0 saturated carbocycles. The molecule has 3 rings (SSSR count). The van der Waals surface area contributed by atoms with Crippen molar-refractivity contribution in [1.82, 2.24) is 0 Å². The van der Waals surface area contributed by atoms with Crippen molar-refractivity contribution < 1.29 is 29.2 Å². The zero-order valence-corrected chi connectivity index (χ0v) is 17.7. The monoisotopic (exact) mass is 424 g/mol. The quantitative estimate of drug-likeness (QED) is 0.484. The molecule has 2 unspecified atom stereocenters. The van der Waals surface area contributed by atoms with Crippen molar-refractivity contribution in [2.75, 3.05) is 27.4 Å². The third-order valence-corrected chi connectivity index (χ3v) is 4.97. The Hall–Kier alpha value is -3.22. The van der Waals surface area contributed by atoms with Gasteiger partial charge in [0.15, 0.2) is 23.0 Å². The smallest absolute Gasteiger partial charge is 0.161 e. The summed E-state index contributed by atoms with van der Waals surface area (Å²) in [7, 11) is 3.11. The Kier molecular flexibility index (Phi) is 8.15. The zero-order chi connectivity index (χ0) is 22.1. The van der Waals surface area contributed by atoms with E-state index in [9.17, 15) is 10.2 Å². The number of para-hydroxylation sites is 2. The molecule has 0 heterocycles. The lowest BCUT2D eigenvalue weighted by atomic mass is 9.96. The minimum absolute atomic E-state index is 0.118. The van der Waals surface area contributed by atoms with Gasteiger partial charge in [0.25, 0.3) is 0 Å². The van der Waals surface area contributed by atoms with Crippen LogP contribution in [0.2, 0.25) is 0 Å². The van der Waals surface area contributed by atoms with Crippen LogP contribution in [0.1, 0.15) is 17.2 Å². The van der Waals surface area contributed by atoms with Crippen LogP contribution in [0.5, 0.6) is 23.0 Å². The van der Waals surface area contributed by atoms with Crippen molar-refractivity contribution in [3.05, 3.63) is 83.9 Å². The van der Waals surface area contributed by atoms with Crippen molar-refractivity contribution >= 4 is 0 Å². The van der Waals surface area contributed by atoms with Gasteiger partial charge in [-0.1, -0.05) is 48.5 Å². The van der Waals surface area contributed by atoms with E-state index in [4.69, 9.17) is 18.9 Å². The van der Waals surface area contributed by atoms with Gasteiger partial charge in [-0.2, -0.15) is 0 Å². The van der Waals surface area contributed by atoms with Gasteiger partial charge in [0, 0.05) is 5.92 Å². The first-order chi connectivity index (χ1) is 15.2. The van der Waals surface area contributed by atoms with Crippen molar-refractivity contribution in [2.45, 2.75) is 12.7 Å². The Balaban J connectivity index is 1.68. The van der Waals surface area contributed by atoms with Crippen LogP contribution >= 0.6 is 0 Å². The highest BCUT2D eigenvalue weighted by Gasteiger charge is 2.23. The van der Waals surface area contributed by atoms with Crippen LogP contribution in [-0.4, -0.2) is 37.6 Å². The summed E-state index contributed by atoms with van der Waals surface area (Å²) in [6.07, 6.45) is -0.947. The van der Waals surface area contributed by atoms with Gasteiger partial charge in [-0.15, -0.1) is 0 Å². The lowest BCUT2D eigenvalue weighted by Crippen LogP contribution is -2.24. The van der Waals surface area contributed by atoms with Crippen LogP contribution in [0.15, 0.2) is 72.8 Å². The Bertz CT molecular complexity index is 944. The van der Waals surface area contributed by atoms with E-state index in [1.54, 1.807) is 44.6 Å². The predicted octanol–water partition coefficient (Wildman–Crippen LogP) is 4.00. The largest absolute Gasteiger partial charge is 0.493 e. The molecule has 2 atom stereocenters. The second kappa shape index (κ2) is 11.2. The summed E-state index contributed by atoms with van der Waals surface area (Å²) in [5.74, 6) is 1.70. The number of hydrogen-bond acceptors (Lipinski definition) is 6. The van der Waals surface area contributed by atoms with Gasteiger partial charge >= 0.3 is 0 Å². The van der Waals surface area contributed by atoms with Crippen LogP contribution in [0, 0.1) is 5.92 Å². The first-order valence-corrected chi connectivity index (χ1v) is 10.1. The van der Waals surface area contributed by atoms with E-state index in [-0.39, 0.29) is 13.2 Å². The van der Waals surface area contributed by atoms with Crippen molar-refractivity contribution in [3.8, 4) is 23.0 Å². The number of methoxy groups -OCH3 is 2. The van der Waals surface area contributed by atoms with Gasteiger partial charge in [-0.05, 0) is 35.4 Å². The molecule has 0 aliphatic carbocycles. The second-order valence-corrected chi connectivity index (χ2v) is 7.03. The minimum Gasteiger partial charge on any atom is -0.493 e. The van der Waals surface area contributed by atoms with Gasteiger partial charge in [0.2, 0.25) is 0 Å². The highest BCUT2D eigenvalue weighted by Crippen LogP contribution is 2.34. The van der Waals surface area contributed by atoms with Crippen LogP contribution < -0.4 is 18.9 Å². The summed E-state index contributed by atoms with van der Waals surface area (Å²) >= 11 is 0. The number of ether oxygens (including phenoxy) is 4. The summed E-state index contributed by atoms with van der Waals surface area (Å²) in [6.45, 7) is 0.280. The molecule has 0 saturated heterocycles. The molecular weight excluding hydrogens is 396 g/mol. The van der Waals surface area contributed by atoms with E-state index < -0.39 is 12.0 Å². The molecule has 0 aromatic heterocycles. The molecule has 0 aliphatic rings. The van der Waals surface area contributed by atoms with Crippen LogP contribution in [0.4, 0.5) is 0 Å². The fourth-order valence-electron chi connectivity index (χ4n) is 3.17. The molecule has 0 amide bonds. The first-order valence-electron chi connectivity index (χ1n) is 10.1. The maximum Gasteiger partial charge on any atom is 0.161 e. The van der Waals surface area contributed by atoms with E-state index in [1.807, 2.05) is 42.5 Å².